The third-order valence-corrected chi connectivity index (χ3v) is 6.20. The summed E-state index contributed by atoms with van der Waals surface area (Å²) in [4.78, 5) is 6.68. The molecule has 0 aromatic carbocycles. The maximum atomic E-state index is 12.8. The van der Waals surface area contributed by atoms with E-state index in [0.29, 0.717) is 32.0 Å². The van der Waals surface area contributed by atoms with Crippen molar-refractivity contribution in [2.75, 3.05) is 46.4 Å². The average molecular weight is 353 g/mol. The first kappa shape index (κ1) is 17.3. The Balaban J connectivity index is 1.77. The fourth-order valence-corrected chi connectivity index (χ4v) is 3.97. The second-order valence-corrected chi connectivity index (χ2v) is 8.08. The third-order valence-electron chi connectivity index (χ3n) is 4.38. The van der Waals surface area contributed by atoms with Gasteiger partial charge in [0.05, 0.1) is 18.9 Å². The van der Waals surface area contributed by atoms with Crippen molar-refractivity contribution in [3.8, 4) is 0 Å². The zero-order valence-electron chi connectivity index (χ0n) is 14.3. The largest absolute Gasteiger partial charge is 0.379 e. The zero-order valence-corrected chi connectivity index (χ0v) is 15.1. The molecule has 0 unspecified atom stereocenters. The molecule has 0 spiro atoms. The summed E-state index contributed by atoms with van der Waals surface area (Å²) in [6, 6.07) is 1.66. The van der Waals surface area contributed by atoms with Gasteiger partial charge in [0.15, 0.2) is 5.65 Å². The van der Waals surface area contributed by atoms with Crippen molar-refractivity contribution >= 4 is 21.1 Å². The highest BCUT2D eigenvalue weighted by Gasteiger charge is 2.23. The Hall–Kier alpha value is -1.55. The van der Waals surface area contributed by atoms with Gasteiger partial charge in [0.25, 0.3) is 0 Å². The molecule has 0 atom stereocenters. The van der Waals surface area contributed by atoms with E-state index in [-0.39, 0.29) is 4.90 Å². The molecule has 3 heterocycles. The van der Waals surface area contributed by atoms with Crippen LogP contribution in [0.25, 0.3) is 11.0 Å². The van der Waals surface area contributed by atoms with Crippen LogP contribution >= 0.6 is 0 Å². The van der Waals surface area contributed by atoms with Crippen LogP contribution in [0, 0.1) is 6.92 Å². The van der Waals surface area contributed by atoms with E-state index in [9.17, 15) is 8.42 Å². The van der Waals surface area contributed by atoms with E-state index >= 15 is 0 Å². The number of likely N-dealkylation sites (N-methyl/N-ethyl adjacent to an activating group) is 1. The summed E-state index contributed by atoms with van der Waals surface area (Å²) in [6.45, 7) is 6.08. The minimum atomic E-state index is -3.56. The molecule has 24 heavy (non-hydrogen) atoms. The quantitative estimate of drug-likeness (QED) is 0.765. The van der Waals surface area contributed by atoms with E-state index in [4.69, 9.17) is 4.74 Å². The van der Waals surface area contributed by atoms with Crippen molar-refractivity contribution < 1.29 is 13.2 Å². The highest BCUT2D eigenvalue weighted by atomic mass is 32.2. The molecule has 1 fully saturated rings. The van der Waals surface area contributed by atoms with E-state index < -0.39 is 10.0 Å². The Morgan fingerprint density at radius 3 is 2.75 bits per heavy atom. The SMILES string of the molecule is Cc1nn(C)c2ncc(S(=O)(=O)N(C)CCN3CCOCC3)cc12. The molecule has 2 aromatic rings. The number of rotatable bonds is 5. The van der Waals surface area contributed by atoms with Gasteiger partial charge >= 0.3 is 0 Å². The fourth-order valence-electron chi connectivity index (χ4n) is 2.84. The summed E-state index contributed by atoms with van der Waals surface area (Å²) in [5.74, 6) is 0. The molecule has 0 amide bonds. The topological polar surface area (TPSA) is 80.6 Å². The molecule has 0 radical (unpaired) electrons. The molecule has 1 aliphatic heterocycles. The predicted molar refractivity (Wildman–Crippen MR) is 90.3 cm³/mol. The van der Waals surface area contributed by atoms with Gasteiger partial charge in [-0.05, 0) is 13.0 Å². The maximum absolute atomic E-state index is 12.8. The first-order valence-electron chi connectivity index (χ1n) is 7.95. The number of sulfonamides is 1. The van der Waals surface area contributed by atoms with E-state index in [1.807, 2.05) is 6.92 Å². The van der Waals surface area contributed by atoms with E-state index in [1.165, 1.54) is 10.5 Å². The van der Waals surface area contributed by atoms with Crippen molar-refractivity contribution in [3.63, 3.8) is 0 Å². The number of aryl methyl sites for hydroxylation is 2. The van der Waals surface area contributed by atoms with E-state index in [1.54, 1.807) is 24.8 Å². The molecule has 1 saturated heterocycles. The first-order chi connectivity index (χ1) is 11.4. The lowest BCUT2D eigenvalue weighted by Gasteiger charge is -2.28. The van der Waals surface area contributed by atoms with Crippen molar-refractivity contribution in [2.24, 2.45) is 7.05 Å². The van der Waals surface area contributed by atoms with Crippen molar-refractivity contribution in [3.05, 3.63) is 18.0 Å². The zero-order chi connectivity index (χ0) is 17.3. The molecule has 9 heteroatoms. The Labute approximate surface area is 142 Å². The molecular weight excluding hydrogens is 330 g/mol. The molecule has 132 valence electrons. The molecule has 0 saturated carbocycles. The summed E-state index contributed by atoms with van der Waals surface area (Å²) in [7, 11) is -0.159. The Bertz CT molecular complexity index is 827. The van der Waals surface area contributed by atoms with Gasteiger partial charge in [-0.1, -0.05) is 0 Å². The highest BCUT2D eigenvalue weighted by molar-refractivity contribution is 7.89. The lowest BCUT2D eigenvalue weighted by molar-refractivity contribution is 0.0368. The van der Waals surface area contributed by atoms with Crippen LogP contribution in [-0.4, -0.2) is 78.8 Å². The van der Waals surface area contributed by atoms with Crippen LogP contribution in [0.4, 0.5) is 0 Å². The Morgan fingerprint density at radius 2 is 2.04 bits per heavy atom. The molecule has 0 bridgehead atoms. The number of hydrogen-bond donors (Lipinski definition) is 0. The van der Waals surface area contributed by atoms with Crippen LogP contribution in [-0.2, 0) is 21.8 Å². The van der Waals surface area contributed by atoms with Gasteiger partial charge in [-0.3, -0.25) is 9.58 Å². The number of aromatic nitrogens is 3. The average Bonchev–Trinajstić information content (AvgIpc) is 2.87. The van der Waals surface area contributed by atoms with Crippen LogP contribution in [0.2, 0.25) is 0 Å². The fraction of sp³-hybridized carbons (Fsp3) is 0.600. The molecule has 0 N–H and O–H groups in total. The van der Waals surface area contributed by atoms with Gasteiger partial charge in [-0.15, -0.1) is 0 Å². The van der Waals surface area contributed by atoms with Crippen molar-refractivity contribution in [1.29, 1.82) is 0 Å². The summed E-state index contributed by atoms with van der Waals surface area (Å²) < 4.78 is 33.9. The smallest absolute Gasteiger partial charge is 0.244 e. The lowest BCUT2D eigenvalue weighted by Crippen LogP contribution is -2.41. The standard InChI is InChI=1S/C15H23N5O3S/c1-12-14-10-13(11-16-15(14)19(3)17-12)24(21,22)18(2)4-5-20-6-8-23-9-7-20/h10-11H,4-9H2,1-3H3. The van der Waals surface area contributed by atoms with E-state index in [0.717, 1.165) is 24.2 Å². The Kier molecular flexibility index (Phi) is 4.86. The van der Waals surface area contributed by atoms with Crippen molar-refractivity contribution in [2.45, 2.75) is 11.8 Å². The lowest BCUT2D eigenvalue weighted by atomic mass is 10.3. The van der Waals surface area contributed by atoms with Gasteiger partial charge in [0.2, 0.25) is 10.0 Å². The van der Waals surface area contributed by atoms with Crippen LogP contribution in [0.1, 0.15) is 5.69 Å². The minimum Gasteiger partial charge on any atom is -0.379 e. The summed E-state index contributed by atoms with van der Waals surface area (Å²) in [6.07, 6.45) is 1.41. The monoisotopic (exact) mass is 353 g/mol. The van der Waals surface area contributed by atoms with E-state index in [2.05, 4.69) is 15.0 Å². The summed E-state index contributed by atoms with van der Waals surface area (Å²) in [5.41, 5.74) is 1.45. The molecule has 8 nitrogen and oxygen atoms in total. The number of nitrogens with zero attached hydrogens (tertiary/aromatic N) is 5. The summed E-state index contributed by atoms with van der Waals surface area (Å²) in [5, 5.41) is 5.05. The second kappa shape index (κ2) is 6.75. The van der Waals surface area contributed by atoms with Gasteiger partial charge in [-0.2, -0.15) is 9.40 Å². The molecular formula is C15H23N5O3S. The third kappa shape index (κ3) is 3.30. The normalized spacial score (nSPS) is 17.0. The molecule has 0 aliphatic carbocycles. The second-order valence-electron chi connectivity index (χ2n) is 6.03. The highest BCUT2D eigenvalue weighted by Crippen LogP contribution is 2.21. The van der Waals surface area contributed by atoms with Crippen LogP contribution in [0.15, 0.2) is 17.2 Å². The predicted octanol–water partition coefficient (Wildman–Crippen LogP) is 0.229. The number of fused-ring (bicyclic) bond motifs is 1. The van der Waals surface area contributed by atoms with Crippen molar-refractivity contribution in [1.82, 2.24) is 24.0 Å². The minimum absolute atomic E-state index is 0.204. The maximum Gasteiger partial charge on any atom is 0.244 e. The van der Waals surface area contributed by atoms with Crippen LogP contribution in [0.5, 0.6) is 0 Å². The van der Waals surface area contributed by atoms with Gasteiger partial charge in [0.1, 0.15) is 4.90 Å². The molecule has 1 aliphatic rings. The van der Waals surface area contributed by atoms with Crippen LogP contribution in [0.3, 0.4) is 0 Å². The number of morpholine rings is 1. The van der Waals surface area contributed by atoms with Crippen LogP contribution < -0.4 is 0 Å². The number of ether oxygens (including phenoxy) is 1. The summed E-state index contributed by atoms with van der Waals surface area (Å²) >= 11 is 0. The number of pyridine rings is 1. The van der Waals surface area contributed by atoms with Gasteiger partial charge in [0, 0.05) is 51.9 Å². The van der Waals surface area contributed by atoms with Gasteiger partial charge in [-0.25, -0.2) is 13.4 Å². The molecule has 3 rings (SSSR count). The molecule has 2 aromatic heterocycles. The first-order valence-corrected chi connectivity index (χ1v) is 9.39. The Morgan fingerprint density at radius 1 is 1.33 bits per heavy atom. The van der Waals surface area contributed by atoms with Gasteiger partial charge < -0.3 is 4.74 Å². The number of hydrogen-bond acceptors (Lipinski definition) is 6.